The molecule has 5 heteroatoms. The van der Waals surface area contributed by atoms with E-state index in [0.29, 0.717) is 19.3 Å². The highest BCUT2D eigenvalue weighted by Gasteiger charge is 2.22. The van der Waals surface area contributed by atoms with E-state index in [2.05, 4.69) is 11.8 Å². The van der Waals surface area contributed by atoms with Crippen LogP contribution in [0.3, 0.4) is 0 Å². The van der Waals surface area contributed by atoms with Gasteiger partial charge in [-0.1, -0.05) is 18.5 Å². The van der Waals surface area contributed by atoms with Gasteiger partial charge in [0.15, 0.2) is 0 Å². The molecule has 2 rings (SSSR count). The van der Waals surface area contributed by atoms with Crippen molar-refractivity contribution in [2.24, 2.45) is 0 Å². The van der Waals surface area contributed by atoms with E-state index in [-0.39, 0.29) is 10.6 Å². The second-order valence-electron chi connectivity index (χ2n) is 4.30. The van der Waals surface area contributed by atoms with E-state index in [9.17, 15) is 4.79 Å². The van der Waals surface area contributed by atoms with E-state index in [4.69, 9.17) is 21.4 Å². The molecule has 1 unspecified atom stereocenters. The van der Waals surface area contributed by atoms with E-state index < -0.39 is 5.97 Å². The summed E-state index contributed by atoms with van der Waals surface area (Å²) in [7, 11) is 0. The largest absolute Gasteiger partial charge is 0.478 e. The van der Waals surface area contributed by atoms with Gasteiger partial charge in [0.2, 0.25) is 0 Å². The number of morpholine rings is 1. The quantitative estimate of drug-likeness (QED) is 0.917. The Hall–Kier alpha value is -1.26. The van der Waals surface area contributed by atoms with E-state index in [0.717, 1.165) is 18.7 Å². The van der Waals surface area contributed by atoms with Crippen molar-refractivity contribution in [2.75, 3.05) is 24.7 Å². The Bertz CT molecular complexity index is 450. The summed E-state index contributed by atoms with van der Waals surface area (Å²) >= 11 is 6.00. The average molecular weight is 270 g/mol. The van der Waals surface area contributed by atoms with Crippen molar-refractivity contribution in [3.63, 3.8) is 0 Å². The molecule has 18 heavy (non-hydrogen) atoms. The molecular weight excluding hydrogens is 254 g/mol. The molecule has 1 aromatic carbocycles. The van der Waals surface area contributed by atoms with Gasteiger partial charge in [-0.25, -0.2) is 4.79 Å². The lowest BCUT2D eigenvalue weighted by Gasteiger charge is -2.37. The molecule has 4 nitrogen and oxygen atoms in total. The highest BCUT2D eigenvalue weighted by atomic mass is 35.5. The Morgan fingerprint density at radius 3 is 3.00 bits per heavy atom. The summed E-state index contributed by atoms with van der Waals surface area (Å²) in [6.07, 6.45) is 0.984. The maximum absolute atomic E-state index is 10.9. The van der Waals surface area contributed by atoms with Crippen molar-refractivity contribution in [3.8, 4) is 0 Å². The first kappa shape index (κ1) is 13.2. The number of carbonyl (C=O) groups is 1. The van der Waals surface area contributed by atoms with Gasteiger partial charge in [-0.05, 0) is 24.6 Å². The number of aromatic carboxylic acids is 1. The highest BCUT2D eigenvalue weighted by Crippen LogP contribution is 2.27. The van der Waals surface area contributed by atoms with Gasteiger partial charge in [0.25, 0.3) is 0 Å². The predicted octanol–water partition coefficient (Wildman–Crippen LogP) is 2.65. The lowest BCUT2D eigenvalue weighted by Crippen LogP contribution is -2.45. The van der Waals surface area contributed by atoms with E-state index in [1.165, 1.54) is 0 Å². The van der Waals surface area contributed by atoms with Crippen LogP contribution in [0.2, 0.25) is 5.02 Å². The van der Waals surface area contributed by atoms with Crippen LogP contribution in [0.5, 0.6) is 0 Å². The number of hydrogen-bond donors (Lipinski definition) is 1. The molecule has 0 saturated carbocycles. The van der Waals surface area contributed by atoms with E-state index in [1.807, 2.05) is 6.07 Å². The minimum absolute atomic E-state index is 0.140. The Morgan fingerprint density at radius 1 is 1.61 bits per heavy atom. The van der Waals surface area contributed by atoms with Crippen LogP contribution in [-0.4, -0.2) is 36.9 Å². The van der Waals surface area contributed by atoms with Crippen LogP contribution < -0.4 is 4.90 Å². The summed E-state index contributed by atoms with van der Waals surface area (Å²) in [5.41, 5.74) is 1.10. The molecule has 1 aliphatic rings. The first-order valence-electron chi connectivity index (χ1n) is 6.00. The number of ether oxygens (including phenoxy) is 1. The molecule has 1 fully saturated rings. The highest BCUT2D eigenvalue weighted by molar-refractivity contribution is 6.33. The molecular formula is C13H16ClNO3. The van der Waals surface area contributed by atoms with Gasteiger partial charge in [-0.2, -0.15) is 0 Å². The second kappa shape index (κ2) is 5.59. The third-order valence-electron chi connectivity index (χ3n) is 3.21. The topological polar surface area (TPSA) is 49.8 Å². The average Bonchev–Trinajstić information content (AvgIpc) is 2.38. The van der Waals surface area contributed by atoms with Crippen LogP contribution >= 0.6 is 11.6 Å². The van der Waals surface area contributed by atoms with Crippen LogP contribution in [0, 0.1) is 0 Å². The zero-order valence-electron chi connectivity index (χ0n) is 10.2. The monoisotopic (exact) mass is 269 g/mol. The predicted molar refractivity (Wildman–Crippen MR) is 70.7 cm³/mol. The number of carboxylic acid groups (broad SMARTS) is 1. The number of anilines is 1. The van der Waals surface area contributed by atoms with Crippen molar-refractivity contribution < 1.29 is 14.6 Å². The number of nitrogens with zero attached hydrogens (tertiary/aromatic N) is 1. The molecule has 1 aromatic rings. The molecule has 1 atom stereocenters. The van der Waals surface area contributed by atoms with Gasteiger partial charge >= 0.3 is 5.97 Å². The Labute approximate surface area is 111 Å². The number of halogens is 1. The molecule has 0 aromatic heterocycles. The van der Waals surface area contributed by atoms with Crippen molar-refractivity contribution in [3.05, 3.63) is 28.8 Å². The van der Waals surface area contributed by atoms with Crippen LogP contribution in [-0.2, 0) is 4.74 Å². The summed E-state index contributed by atoms with van der Waals surface area (Å²) in [6, 6.07) is 5.41. The van der Waals surface area contributed by atoms with Gasteiger partial charge in [0.1, 0.15) is 0 Å². The number of carboxylic acids is 1. The van der Waals surface area contributed by atoms with Crippen LogP contribution in [0.1, 0.15) is 23.7 Å². The van der Waals surface area contributed by atoms with Crippen LogP contribution in [0.25, 0.3) is 0 Å². The van der Waals surface area contributed by atoms with Crippen molar-refractivity contribution in [2.45, 2.75) is 19.4 Å². The Balaban J connectivity index is 2.27. The third-order valence-corrected chi connectivity index (χ3v) is 3.53. The fourth-order valence-electron chi connectivity index (χ4n) is 2.19. The normalized spacial score (nSPS) is 19.9. The smallest absolute Gasteiger partial charge is 0.337 e. The van der Waals surface area contributed by atoms with E-state index in [1.54, 1.807) is 12.1 Å². The van der Waals surface area contributed by atoms with Crippen LogP contribution in [0.4, 0.5) is 5.69 Å². The zero-order valence-corrected chi connectivity index (χ0v) is 11.0. The van der Waals surface area contributed by atoms with Crippen molar-refractivity contribution in [1.82, 2.24) is 0 Å². The molecule has 0 radical (unpaired) electrons. The lowest BCUT2D eigenvalue weighted by atomic mass is 10.1. The minimum atomic E-state index is -0.999. The maximum Gasteiger partial charge on any atom is 0.337 e. The summed E-state index contributed by atoms with van der Waals surface area (Å²) in [5, 5.41) is 9.23. The number of hydrogen-bond acceptors (Lipinski definition) is 3. The molecule has 1 N–H and O–H groups in total. The second-order valence-corrected chi connectivity index (χ2v) is 4.71. The third kappa shape index (κ3) is 2.60. The zero-order chi connectivity index (χ0) is 13.1. The van der Waals surface area contributed by atoms with Crippen molar-refractivity contribution >= 4 is 23.3 Å². The Morgan fingerprint density at radius 2 is 2.39 bits per heavy atom. The summed E-state index contributed by atoms with van der Waals surface area (Å²) < 4.78 is 5.45. The summed E-state index contributed by atoms with van der Waals surface area (Å²) in [4.78, 5) is 13.1. The standard InChI is InChI=1S/C13H16ClNO3/c1-2-9-8-18-6-5-15(9)10-3-4-11(13(16)17)12(14)7-10/h3-4,7,9H,2,5-6,8H2,1H3,(H,16,17). The molecule has 1 heterocycles. The van der Waals surface area contributed by atoms with Gasteiger partial charge < -0.3 is 14.7 Å². The molecule has 0 spiro atoms. The minimum Gasteiger partial charge on any atom is -0.478 e. The molecule has 0 aliphatic carbocycles. The Kier molecular flexibility index (Phi) is 4.09. The molecule has 0 amide bonds. The molecule has 98 valence electrons. The summed E-state index contributed by atoms with van der Waals surface area (Å²) in [6.45, 7) is 4.31. The van der Waals surface area contributed by atoms with Crippen LogP contribution in [0.15, 0.2) is 18.2 Å². The first-order chi connectivity index (χ1) is 8.63. The first-order valence-corrected chi connectivity index (χ1v) is 6.38. The fraction of sp³-hybridized carbons (Fsp3) is 0.462. The molecule has 0 bridgehead atoms. The number of benzene rings is 1. The number of rotatable bonds is 3. The van der Waals surface area contributed by atoms with E-state index >= 15 is 0 Å². The molecule has 1 saturated heterocycles. The summed E-state index contributed by atoms with van der Waals surface area (Å²) in [5.74, 6) is -0.999. The van der Waals surface area contributed by atoms with Gasteiger partial charge in [-0.3, -0.25) is 0 Å². The molecule has 1 aliphatic heterocycles. The maximum atomic E-state index is 10.9. The SMILES string of the molecule is CCC1COCCN1c1ccc(C(=O)O)c(Cl)c1. The van der Waals surface area contributed by atoms with Gasteiger partial charge in [0, 0.05) is 12.2 Å². The van der Waals surface area contributed by atoms with Crippen molar-refractivity contribution in [1.29, 1.82) is 0 Å². The fourth-order valence-corrected chi connectivity index (χ4v) is 2.44. The van der Waals surface area contributed by atoms with Gasteiger partial charge in [-0.15, -0.1) is 0 Å². The lowest BCUT2D eigenvalue weighted by molar-refractivity contribution is 0.0697. The van der Waals surface area contributed by atoms with Gasteiger partial charge in [0.05, 0.1) is 29.8 Å².